The molecule has 2 heterocycles. The second kappa shape index (κ2) is 4.32. The molecule has 1 unspecified atom stereocenters. The van der Waals surface area contributed by atoms with Crippen LogP contribution in [0.3, 0.4) is 0 Å². The predicted octanol–water partition coefficient (Wildman–Crippen LogP) is 3.30. The van der Waals surface area contributed by atoms with E-state index in [2.05, 4.69) is 30.6 Å². The van der Waals surface area contributed by atoms with Gasteiger partial charge >= 0.3 is 6.18 Å². The molecule has 9 heteroatoms. The topological polar surface area (TPSA) is 64.9 Å². The van der Waals surface area contributed by atoms with Gasteiger partial charge in [-0.25, -0.2) is 0 Å². The second-order valence-electron chi connectivity index (χ2n) is 3.73. The van der Waals surface area contributed by atoms with Gasteiger partial charge in [-0.2, -0.15) is 18.2 Å². The number of hydrogen-bond donors (Lipinski definition) is 1. The van der Waals surface area contributed by atoms with Crippen molar-refractivity contribution in [3.63, 3.8) is 0 Å². The summed E-state index contributed by atoms with van der Waals surface area (Å²) in [6.45, 7) is 0.786. The zero-order chi connectivity index (χ0) is 13.6. The summed E-state index contributed by atoms with van der Waals surface area (Å²) in [4.78, 5) is 4.29. The second-order valence-corrected chi connectivity index (χ2v) is 6.19. The number of aromatic nitrogens is 2. The smallest absolute Gasteiger partial charge is 0.337 e. The highest BCUT2D eigenvalue weighted by Gasteiger charge is 2.53. The van der Waals surface area contributed by atoms with E-state index in [1.54, 1.807) is 12.1 Å². The van der Waals surface area contributed by atoms with Crippen LogP contribution < -0.4 is 5.73 Å². The van der Waals surface area contributed by atoms with Gasteiger partial charge < -0.3 is 10.3 Å². The van der Waals surface area contributed by atoms with Gasteiger partial charge in [0, 0.05) is 0 Å². The van der Waals surface area contributed by atoms with E-state index in [4.69, 9.17) is 5.73 Å². The zero-order valence-electron chi connectivity index (χ0n) is 8.95. The SMILES string of the molecule is CC(N)(c1nc(-c2ccc(Br)s2)no1)C(F)(F)F. The first kappa shape index (κ1) is 13.5. The largest absolute Gasteiger partial charge is 0.415 e. The zero-order valence-corrected chi connectivity index (χ0v) is 11.4. The van der Waals surface area contributed by atoms with Crippen LogP contribution >= 0.6 is 27.3 Å². The van der Waals surface area contributed by atoms with E-state index >= 15 is 0 Å². The lowest BCUT2D eigenvalue weighted by molar-refractivity contribution is -0.190. The van der Waals surface area contributed by atoms with Crippen LogP contribution in [-0.4, -0.2) is 16.3 Å². The van der Waals surface area contributed by atoms with Gasteiger partial charge in [0.1, 0.15) is 0 Å². The Balaban J connectivity index is 2.37. The Morgan fingerprint density at radius 3 is 2.56 bits per heavy atom. The Morgan fingerprint density at radius 1 is 1.39 bits per heavy atom. The number of rotatable bonds is 2. The van der Waals surface area contributed by atoms with Gasteiger partial charge in [0.05, 0.1) is 8.66 Å². The summed E-state index contributed by atoms with van der Waals surface area (Å²) in [6, 6.07) is 3.41. The molecule has 18 heavy (non-hydrogen) atoms. The minimum absolute atomic E-state index is 0.0848. The molecule has 0 spiro atoms. The summed E-state index contributed by atoms with van der Waals surface area (Å²) in [5.74, 6) is -0.573. The maximum absolute atomic E-state index is 12.7. The standard InChI is InChI=1S/C9H7BrF3N3OS/c1-8(14,9(11,12)13)7-15-6(16-17-7)4-2-3-5(10)18-4/h2-3H,14H2,1H3. The van der Waals surface area contributed by atoms with Gasteiger partial charge in [-0.3, -0.25) is 0 Å². The van der Waals surface area contributed by atoms with Crippen molar-refractivity contribution in [3.8, 4) is 10.7 Å². The van der Waals surface area contributed by atoms with Crippen LogP contribution in [0.2, 0.25) is 0 Å². The number of hydrogen-bond acceptors (Lipinski definition) is 5. The molecular formula is C9H7BrF3N3OS. The van der Waals surface area contributed by atoms with Crippen LogP contribution in [0.1, 0.15) is 12.8 Å². The Hall–Kier alpha value is -0.930. The lowest BCUT2D eigenvalue weighted by Gasteiger charge is -2.22. The van der Waals surface area contributed by atoms with Crippen molar-refractivity contribution in [1.82, 2.24) is 10.1 Å². The normalized spacial score (nSPS) is 15.7. The van der Waals surface area contributed by atoms with Gasteiger partial charge in [0.2, 0.25) is 5.82 Å². The monoisotopic (exact) mass is 341 g/mol. The van der Waals surface area contributed by atoms with Crippen molar-refractivity contribution in [1.29, 1.82) is 0 Å². The van der Waals surface area contributed by atoms with Crippen molar-refractivity contribution >= 4 is 27.3 Å². The van der Waals surface area contributed by atoms with Crippen LogP contribution in [0.25, 0.3) is 10.7 Å². The summed E-state index contributed by atoms with van der Waals surface area (Å²) in [5.41, 5.74) is 2.52. The van der Waals surface area contributed by atoms with Gasteiger partial charge in [-0.15, -0.1) is 11.3 Å². The van der Waals surface area contributed by atoms with Crippen molar-refractivity contribution in [2.24, 2.45) is 5.73 Å². The first-order valence-electron chi connectivity index (χ1n) is 4.67. The Morgan fingerprint density at radius 2 is 2.06 bits per heavy atom. The van der Waals surface area contributed by atoms with Crippen LogP contribution in [0.5, 0.6) is 0 Å². The molecule has 0 saturated heterocycles. The third-order valence-electron chi connectivity index (χ3n) is 2.25. The average Bonchev–Trinajstić information content (AvgIpc) is 2.83. The van der Waals surface area contributed by atoms with E-state index in [0.717, 1.165) is 10.7 Å². The quantitative estimate of drug-likeness (QED) is 0.910. The summed E-state index contributed by atoms with van der Waals surface area (Å²) in [5, 5.41) is 3.50. The van der Waals surface area contributed by atoms with Crippen LogP contribution in [0, 0.1) is 0 Å². The molecule has 4 nitrogen and oxygen atoms in total. The van der Waals surface area contributed by atoms with E-state index in [9.17, 15) is 13.2 Å². The minimum Gasteiger partial charge on any atom is -0.337 e. The molecule has 0 aliphatic carbocycles. The molecule has 2 aromatic heterocycles. The molecule has 98 valence electrons. The molecule has 0 aromatic carbocycles. The molecule has 0 saturated carbocycles. The van der Waals surface area contributed by atoms with Crippen LogP contribution in [0.15, 0.2) is 20.4 Å². The van der Waals surface area contributed by atoms with Crippen molar-refractivity contribution in [2.45, 2.75) is 18.6 Å². The number of alkyl halides is 3. The number of nitrogens with zero attached hydrogens (tertiary/aromatic N) is 2. The number of halogens is 4. The fraction of sp³-hybridized carbons (Fsp3) is 0.333. The molecule has 0 amide bonds. The van der Waals surface area contributed by atoms with E-state index in [1.165, 1.54) is 11.3 Å². The number of nitrogens with two attached hydrogens (primary N) is 1. The van der Waals surface area contributed by atoms with Crippen molar-refractivity contribution in [2.75, 3.05) is 0 Å². The maximum Gasteiger partial charge on any atom is 0.415 e. The third kappa shape index (κ3) is 2.29. The molecule has 2 N–H and O–H groups in total. The molecule has 0 bridgehead atoms. The molecule has 1 atom stereocenters. The minimum atomic E-state index is -4.66. The van der Waals surface area contributed by atoms with E-state index in [1.807, 2.05) is 0 Å². The van der Waals surface area contributed by atoms with Crippen molar-refractivity contribution in [3.05, 3.63) is 21.8 Å². The first-order valence-corrected chi connectivity index (χ1v) is 6.28. The van der Waals surface area contributed by atoms with E-state index < -0.39 is 17.6 Å². The molecule has 0 radical (unpaired) electrons. The molecular weight excluding hydrogens is 335 g/mol. The summed E-state index contributed by atoms with van der Waals surface area (Å²) < 4.78 is 43.5. The highest BCUT2D eigenvalue weighted by molar-refractivity contribution is 9.11. The van der Waals surface area contributed by atoms with Crippen LogP contribution in [0.4, 0.5) is 13.2 Å². The summed E-state index contributed by atoms with van der Waals surface area (Å²) in [7, 11) is 0. The first-order chi connectivity index (χ1) is 8.22. The fourth-order valence-corrected chi connectivity index (χ4v) is 2.40. The lowest BCUT2D eigenvalue weighted by Crippen LogP contribution is -2.47. The van der Waals surface area contributed by atoms with Gasteiger partial charge in [-0.1, -0.05) is 5.16 Å². The maximum atomic E-state index is 12.7. The summed E-state index contributed by atoms with van der Waals surface area (Å²) in [6.07, 6.45) is -4.66. The number of thiophene rings is 1. The van der Waals surface area contributed by atoms with Gasteiger partial charge in [-0.05, 0) is 35.0 Å². The Labute approximate surface area is 112 Å². The third-order valence-corrected chi connectivity index (χ3v) is 3.87. The average molecular weight is 342 g/mol. The predicted molar refractivity (Wildman–Crippen MR) is 62.9 cm³/mol. The molecule has 2 rings (SSSR count). The summed E-state index contributed by atoms with van der Waals surface area (Å²) >= 11 is 4.52. The van der Waals surface area contributed by atoms with Crippen LogP contribution in [-0.2, 0) is 5.54 Å². The highest BCUT2D eigenvalue weighted by Crippen LogP contribution is 2.37. The molecule has 0 fully saturated rings. The molecule has 0 aliphatic rings. The van der Waals surface area contributed by atoms with E-state index in [-0.39, 0.29) is 5.82 Å². The highest BCUT2D eigenvalue weighted by atomic mass is 79.9. The molecule has 2 aromatic rings. The van der Waals surface area contributed by atoms with Gasteiger partial charge in [0.15, 0.2) is 5.54 Å². The van der Waals surface area contributed by atoms with Gasteiger partial charge in [0.25, 0.3) is 5.89 Å². The van der Waals surface area contributed by atoms with Crippen molar-refractivity contribution < 1.29 is 17.7 Å². The Bertz CT molecular complexity index is 563. The fourth-order valence-electron chi connectivity index (χ4n) is 1.09. The Kier molecular flexibility index (Phi) is 3.24. The molecule has 0 aliphatic heterocycles. The van der Waals surface area contributed by atoms with E-state index in [0.29, 0.717) is 4.88 Å². The lowest BCUT2D eigenvalue weighted by atomic mass is 10.0.